The smallest absolute Gasteiger partial charge is 0.398 e. The average Bonchev–Trinajstić information content (AvgIpc) is 3.11. The summed E-state index contributed by atoms with van der Waals surface area (Å²) in [5.41, 5.74) is 1.67. The van der Waals surface area contributed by atoms with Gasteiger partial charge in [-0.15, -0.1) is 0 Å². The number of ether oxygens (including phenoxy) is 2. The van der Waals surface area contributed by atoms with Gasteiger partial charge >= 0.3 is 29.7 Å². The molecule has 2 N–H and O–H groups in total. The fourth-order valence-electron chi connectivity index (χ4n) is 5.50. The fraction of sp³-hybridized carbons (Fsp3) is 0.175. The standard InChI is InChI=1S/C40H36N2O8/c1-40(2,3)50-39(48)36(44)42(33-23-22-26(24-25-41-35(43)37(45)46)29-18-10-11-19-30(29)33)32-21-13-12-20-31(32)38(47)49-34(27-14-6-4-7-15-27)28-16-8-5-9-17-28/h4-23,34H,24-25H2,1-3H3,(H,41,43)(H,45,46). The van der Waals surface area contributed by atoms with Crippen molar-refractivity contribution in [1.82, 2.24) is 5.32 Å². The Kier molecular flexibility index (Phi) is 10.7. The minimum atomic E-state index is -1.59. The van der Waals surface area contributed by atoms with E-state index < -0.39 is 41.4 Å². The summed E-state index contributed by atoms with van der Waals surface area (Å²) in [5.74, 6) is -5.59. The third-order valence-electron chi connectivity index (χ3n) is 7.68. The molecule has 5 aromatic rings. The second kappa shape index (κ2) is 15.3. The van der Waals surface area contributed by atoms with Crippen LogP contribution in [0.15, 0.2) is 121 Å². The molecule has 0 saturated carbocycles. The first-order valence-electron chi connectivity index (χ1n) is 15.9. The van der Waals surface area contributed by atoms with Gasteiger partial charge in [0.25, 0.3) is 0 Å². The van der Waals surface area contributed by atoms with Crippen LogP contribution in [0.3, 0.4) is 0 Å². The molecular weight excluding hydrogens is 636 g/mol. The van der Waals surface area contributed by atoms with Gasteiger partial charge in [-0.1, -0.05) is 103 Å². The first kappa shape index (κ1) is 35.0. The molecule has 0 bridgehead atoms. The van der Waals surface area contributed by atoms with E-state index in [1.54, 1.807) is 69.3 Å². The molecule has 254 valence electrons. The van der Waals surface area contributed by atoms with Gasteiger partial charge in [-0.2, -0.15) is 0 Å². The lowest BCUT2D eigenvalue weighted by Gasteiger charge is -2.28. The molecule has 0 radical (unpaired) electrons. The van der Waals surface area contributed by atoms with Gasteiger partial charge in [0.15, 0.2) is 6.10 Å². The Hall–Kier alpha value is -6.29. The van der Waals surface area contributed by atoms with E-state index in [9.17, 15) is 24.0 Å². The molecule has 10 nitrogen and oxygen atoms in total. The molecule has 0 fully saturated rings. The summed E-state index contributed by atoms with van der Waals surface area (Å²) in [6, 6.07) is 35.4. The van der Waals surface area contributed by atoms with Crippen LogP contribution in [-0.4, -0.2) is 47.0 Å². The summed E-state index contributed by atoms with van der Waals surface area (Å²) in [5, 5.41) is 12.5. The van der Waals surface area contributed by atoms with Crippen molar-refractivity contribution in [3.05, 3.63) is 144 Å². The van der Waals surface area contributed by atoms with E-state index in [1.807, 2.05) is 66.7 Å². The van der Waals surface area contributed by atoms with Crippen molar-refractivity contribution in [2.75, 3.05) is 11.4 Å². The zero-order valence-electron chi connectivity index (χ0n) is 27.8. The van der Waals surface area contributed by atoms with E-state index in [-0.39, 0.29) is 29.9 Å². The number of nitrogens with one attached hydrogen (secondary N) is 1. The number of hydrogen-bond acceptors (Lipinski definition) is 7. The van der Waals surface area contributed by atoms with E-state index in [1.165, 1.54) is 6.07 Å². The lowest BCUT2D eigenvalue weighted by molar-refractivity contribution is -0.162. The highest BCUT2D eigenvalue weighted by molar-refractivity contribution is 6.41. The van der Waals surface area contributed by atoms with Crippen LogP contribution in [0.25, 0.3) is 10.8 Å². The average molecular weight is 673 g/mol. The Balaban J connectivity index is 1.61. The predicted octanol–water partition coefficient (Wildman–Crippen LogP) is 6.54. The Labute approximate surface area is 289 Å². The second-order valence-electron chi connectivity index (χ2n) is 12.4. The number of carboxylic acids is 1. The third kappa shape index (κ3) is 8.22. The summed E-state index contributed by atoms with van der Waals surface area (Å²) in [7, 11) is 0. The largest absolute Gasteiger partial charge is 0.474 e. The van der Waals surface area contributed by atoms with Crippen LogP contribution in [0.2, 0.25) is 0 Å². The Morgan fingerprint density at radius 3 is 1.86 bits per heavy atom. The van der Waals surface area contributed by atoms with Crippen molar-refractivity contribution < 1.29 is 38.6 Å². The van der Waals surface area contributed by atoms with Crippen LogP contribution >= 0.6 is 0 Å². The first-order valence-corrected chi connectivity index (χ1v) is 15.9. The zero-order valence-corrected chi connectivity index (χ0v) is 27.8. The quantitative estimate of drug-likeness (QED) is 0.133. The van der Waals surface area contributed by atoms with E-state index in [4.69, 9.17) is 14.6 Å². The van der Waals surface area contributed by atoms with Gasteiger partial charge in [-0.25, -0.2) is 14.4 Å². The number of amides is 2. The van der Waals surface area contributed by atoms with Crippen LogP contribution in [0.1, 0.15) is 53.9 Å². The van der Waals surface area contributed by atoms with E-state index in [2.05, 4.69) is 5.32 Å². The molecule has 50 heavy (non-hydrogen) atoms. The molecule has 0 aliphatic carbocycles. The van der Waals surface area contributed by atoms with Crippen LogP contribution in [0, 0.1) is 0 Å². The van der Waals surface area contributed by atoms with Crippen LogP contribution in [-0.2, 0) is 35.1 Å². The SMILES string of the molecule is CC(C)(C)OC(=O)C(=O)N(c1ccccc1C(=O)OC(c1ccccc1)c1ccccc1)c1ccc(CCNC(=O)C(=O)O)c2ccccc12. The highest BCUT2D eigenvalue weighted by Gasteiger charge is 2.34. The van der Waals surface area contributed by atoms with Crippen molar-refractivity contribution >= 4 is 51.9 Å². The zero-order chi connectivity index (χ0) is 35.8. The number of esters is 2. The molecule has 5 aromatic carbocycles. The van der Waals surface area contributed by atoms with E-state index in [0.29, 0.717) is 10.8 Å². The number of carbonyl (C=O) groups excluding carboxylic acids is 4. The molecule has 0 saturated heterocycles. The maximum atomic E-state index is 14.2. The van der Waals surface area contributed by atoms with Gasteiger partial charge < -0.3 is 19.9 Å². The fourth-order valence-corrected chi connectivity index (χ4v) is 5.50. The number of hydrogen-bond donors (Lipinski definition) is 2. The molecule has 0 aromatic heterocycles. The molecule has 0 aliphatic rings. The first-order chi connectivity index (χ1) is 23.9. The topological polar surface area (TPSA) is 139 Å². The van der Waals surface area contributed by atoms with Gasteiger partial charge in [0.1, 0.15) is 5.60 Å². The van der Waals surface area contributed by atoms with Crippen LogP contribution in [0.5, 0.6) is 0 Å². The predicted molar refractivity (Wildman–Crippen MR) is 188 cm³/mol. The Bertz CT molecular complexity index is 2000. The Morgan fingerprint density at radius 2 is 1.26 bits per heavy atom. The number of benzene rings is 5. The number of fused-ring (bicyclic) bond motifs is 1. The van der Waals surface area contributed by atoms with E-state index in [0.717, 1.165) is 21.6 Å². The molecule has 0 heterocycles. The van der Waals surface area contributed by atoms with Gasteiger partial charge in [-0.3, -0.25) is 14.5 Å². The van der Waals surface area contributed by atoms with Gasteiger partial charge in [0.05, 0.1) is 16.9 Å². The molecule has 2 amide bonds. The molecule has 5 rings (SSSR count). The van der Waals surface area contributed by atoms with Gasteiger partial charge in [0, 0.05) is 11.9 Å². The number of nitrogens with zero attached hydrogens (tertiary/aromatic N) is 1. The Morgan fingerprint density at radius 1 is 0.700 bits per heavy atom. The summed E-state index contributed by atoms with van der Waals surface area (Å²) >= 11 is 0. The minimum Gasteiger partial charge on any atom is -0.474 e. The third-order valence-corrected chi connectivity index (χ3v) is 7.68. The van der Waals surface area contributed by atoms with Crippen molar-refractivity contribution in [3.8, 4) is 0 Å². The lowest BCUT2D eigenvalue weighted by Crippen LogP contribution is -2.39. The van der Waals surface area contributed by atoms with Crippen molar-refractivity contribution in [3.63, 3.8) is 0 Å². The second-order valence-corrected chi connectivity index (χ2v) is 12.4. The number of carboxylic acid groups (broad SMARTS) is 1. The molecule has 0 spiro atoms. The van der Waals surface area contributed by atoms with E-state index >= 15 is 0 Å². The maximum absolute atomic E-state index is 14.2. The highest BCUT2D eigenvalue weighted by Crippen LogP contribution is 2.38. The summed E-state index contributed by atoms with van der Waals surface area (Å²) in [6.45, 7) is 4.99. The molecule has 10 heteroatoms. The monoisotopic (exact) mass is 672 g/mol. The van der Waals surface area contributed by atoms with Gasteiger partial charge in [0.2, 0.25) is 0 Å². The normalized spacial score (nSPS) is 11.1. The van der Waals surface area contributed by atoms with Crippen molar-refractivity contribution in [2.45, 2.75) is 38.9 Å². The number of anilines is 2. The number of carbonyl (C=O) groups is 5. The lowest BCUT2D eigenvalue weighted by atomic mass is 9.99. The minimum absolute atomic E-state index is 0.0332. The molecule has 0 atom stereocenters. The van der Waals surface area contributed by atoms with Crippen LogP contribution in [0.4, 0.5) is 11.4 Å². The van der Waals surface area contributed by atoms with Gasteiger partial charge in [-0.05, 0) is 67.5 Å². The molecule has 0 unspecified atom stereocenters. The number of aliphatic carboxylic acids is 1. The van der Waals surface area contributed by atoms with Crippen LogP contribution < -0.4 is 10.2 Å². The summed E-state index contributed by atoms with van der Waals surface area (Å²) in [4.78, 5) is 65.5. The summed E-state index contributed by atoms with van der Waals surface area (Å²) in [6.07, 6.45) is -0.488. The number of para-hydroxylation sites is 1. The van der Waals surface area contributed by atoms with Crippen molar-refractivity contribution in [1.29, 1.82) is 0 Å². The molecular formula is C40H36N2O8. The molecule has 0 aliphatic heterocycles. The summed E-state index contributed by atoms with van der Waals surface area (Å²) < 4.78 is 11.7. The van der Waals surface area contributed by atoms with Crippen molar-refractivity contribution in [2.24, 2.45) is 0 Å². The highest BCUT2D eigenvalue weighted by atomic mass is 16.6. The maximum Gasteiger partial charge on any atom is 0.398 e. The number of rotatable bonds is 9.